The minimum absolute atomic E-state index is 0.000840. The van der Waals surface area contributed by atoms with Crippen LogP contribution < -0.4 is 10.1 Å². The lowest BCUT2D eigenvalue weighted by Crippen LogP contribution is -2.24. The Balaban J connectivity index is 1.58. The van der Waals surface area contributed by atoms with Gasteiger partial charge in [0.1, 0.15) is 18.2 Å². The molecule has 2 aromatic heterocycles. The van der Waals surface area contributed by atoms with Crippen LogP contribution in [0.3, 0.4) is 0 Å². The number of aryl methyl sites for hydroxylation is 1. The number of carbonyl (C=O) groups is 1. The monoisotopic (exact) mass is 334 g/mol. The van der Waals surface area contributed by atoms with Gasteiger partial charge in [0.25, 0.3) is 0 Å². The van der Waals surface area contributed by atoms with Gasteiger partial charge in [-0.25, -0.2) is 0 Å². The van der Waals surface area contributed by atoms with Gasteiger partial charge in [-0.05, 0) is 29.8 Å². The normalized spacial score (nSPS) is 16.2. The minimum atomic E-state index is -0.0177. The van der Waals surface area contributed by atoms with Crippen molar-refractivity contribution in [2.75, 3.05) is 5.32 Å². The standard InChI is InChI=1S/C19H18N4O2/c1-23-19-17(11-21-23)16(10-18(24)22-19)13-5-4-7-15(9-13)25-12-14-6-2-3-8-20-14/h2-9,11,16H,10,12H2,1H3,(H,22,24). The molecule has 3 heterocycles. The van der Waals surface area contributed by atoms with Crippen molar-refractivity contribution in [3.63, 3.8) is 0 Å². The number of hydrogen-bond donors (Lipinski definition) is 1. The summed E-state index contributed by atoms with van der Waals surface area (Å²) in [6, 6.07) is 13.6. The molecule has 0 fully saturated rings. The van der Waals surface area contributed by atoms with Gasteiger partial charge in [0, 0.05) is 31.1 Å². The summed E-state index contributed by atoms with van der Waals surface area (Å²) in [5.41, 5.74) is 2.95. The molecule has 0 aliphatic carbocycles. The number of nitrogens with zero attached hydrogens (tertiary/aromatic N) is 3. The van der Waals surface area contributed by atoms with Crippen molar-refractivity contribution in [2.24, 2.45) is 7.05 Å². The second kappa shape index (κ2) is 6.39. The Morgan fingerprint density at radius 1 is 1.28 bits per heavy atom. The third kappa shape index (κ3) is 3.10. The van der Waals surface area contributed by atoms with Crippen LogP contribution in [0.1, 0.15) is 29.2 Å². The summed E-state index contributed by atoms with van der Waals surface area (Å²) in [5.74, 6) is 1.51. The SMILES string of the molecule is Cn1ncc2c1NC(=O)CC2c1cccc(OCc2ccccn2)c1. The fourth-order valence-electron chi connectivity index (χ4n) is 3.10. The van der Waals surface area contributed by atoms with Gasteiger partial charge in [-0.1, -0.05) is 18.2 Å². The molecule has 1 unspecified atom stereocenters. The second-order valence-electron chi connectivity index (χ2n) is 6.06. The van der Waals surface area contributed by atoms with Crippen LogP contribution in [0.5, 0.6) is 5.75 Å². The van der Waals surface area contributed by atoms with E-state index in [2.05, 4.69) is 15.4 Å². The van der Waals surface area contributed by atoms with E-state index in [1.165, 1.54) is 0 Å². The molecule has 1 amide bonds. The molecule has 0 bridgehead atoms. The Morgan fingerprint density at radius 2 is 2.20 bits per heavy atom. The molecule has 126 valence electrons. The fourth-order valence-corrected chi connectivity index (χ4v) is 3.10. The minimum Gasteiger partial charge on any atom is -0.487 e. The van der Waals surface area contributed by atoms with E-state index < -0.39 is 0 Å². The third-order valence-electron chi connectivity index (χ3n) is 4.36. The van der Waals surface area contributed by atoms with Crippen LogP contribution in [0.15, 0.2) is 54.9 Å². The number of pyridine rings is 1. The van der Waals surface area contributed by atoms with E-state index in [4.69, 9.17) is 4.74 Å². The van der Waals surface area contributed by atoms with Crippen molar-refractivity contribution in [1.82, 2.24) is 14.8 Å². The zero-order valence-electron chi connectivity index (χ0n) is 13.8. The maximum atomic E-state index is 12.1. The molecule has 0 saturated heterocycles. The van der Waals surface area contributed by atoms with Crippen molar-refractivity contribution in [3.8, 4) is 5.75 Å². The van der Waals surface area contributed by atoms with E-state index in [-0.39, 0.29) is 11.8 Å². The second-order valence-corrected chi connectivity index (χ2v) is 6.06. The largest absolute Gasteiger partial charge is 0.487 e. The maximum absolute atomic E-state index is 12.1. The van der Waals surface area contributed by atoms with Crippen LogP contribution in [0.25, 0.3) is 0 Å². The highest BCUT2D eigenvalue weighted by atomic mass is 16.5. The predicted octanol–water partition coefficient (Wildman–Crippen LogP) is 2.87. The maximum Gasteiger partial charge on any atom is 0.226 e. The first-order valence-corrected chi connectivity index (χ1v) is 8.15. The van der Waals surface area contributed by atoms with Gasteiger partial charge in [0.05, 0.1) is 11.9 Å². The molecule has 0 radical (unpaired) electrons. The highest BCUT2D eigenvalue weighted by Gasteiger charge is 2.29. The summed E-state index contributed by atoms with van der Waals surface area (Å²) >= 11 is 0. The van der Waals surface area contributed by atoms with Crippen LogP contribution in [0.4, 0.5) is 5.82 Å². The molecule has 1 aromatic carbocycles. The van der Waals surface area contributed by atoms with Crippen molar-refractivity contribution in [3.05, 3.63) is 71.7 Å². The fraction of sp³-hybridized carbons (Fsp3) is 0.211. The Morgan fingerprint density at radius 3 is 3.04 bits per heavy atom. The summed E-state index contributed by atoms with van der Waals surface area (Å²) in [7, 11) is 1.83. The highest BCUT2D eigenvalue weighted by molar-refractivity contribution is 5.94. The number of benzene rings is 1. The molecule has 1 N–H and O–H groups in total. The van der Waals surface area contributed by atoms with Gasteiger partial charge in [0.15, 0.2) is 0 Å². The Kier molecular flexibility index (Phi) is 3.93. The topological polar surface area (TPSA) is 69.0 Å². The number of aromatic nitrogens is 3. The molecule has 6 heteroatoms. The number of nitrogens with one attached hydrogen (secondary N) is 1. The van der Waals surface area contributed by atoms with E-state index in [0.29, 0.717) is 13.0 Å². The smallest absolute Gasteiger partial charge is 0.226 e. The molecule has 1 atom stereocenters. The Labute approximate surface area is 145 Å². The number of rotatable bonds is 4. The number of carbonyl (C=O) groups excluding carboxylic acids is 1. The first kappa shape index (κ1) is 15.4. The molecule has 0 spiro atoms. The first-order chi connectivity index (χ1) is 12.2. The number of anilines is 1. The first-order valence-electron chi connectivity index (χ1n) is 8.15. The zero-order valence-corrected chi connectivity index (χ0v) is 13.8. The lowest BCUT2D eigenvalue weighted by molar-refractivity contribution is -0.116. The summed E-state index contributed by atoms with van der Waals surface area (Å²) in [4.78, 5) is 16.3. The highest BCUT2D eigenvalue weighted by Crippen LogP contribution is 2.37. The number of ether oxygens (including phenoxy) is 1. The van der Waals surface area contributed by atoms with Crippen LogP contribution in [-0.4, -0.2) is 20.7 Å². The quantitative estimate of drug-likeness (QED) is 0.796. The van der Waals surface area contributed by atoms with Gasteiger partial charge in [-0.15, -0.1) is 0 Å². The number of amides is 1. The molecule has 1 aliphatic rings. The molecule has 0 saturated carbocycles. The van der Waals surface area contributed by atoms with E-state index in [0.717, 1.165) is 28.4 Å². The summed E-state index contributed by atoms with van der Waals surface area (Å²) in [6.45, 7) is 0.410. The molecule has 4 rings (SSSR count). The van der Waals surface area contributed by atoms with Crippen LogP contribution in [0.2, 0.25) is 0 Å². The van der Waals surface area contributed by atoms with Gasteiger partial charge in [-0.3, -0.25) is 14.5 Å². The van der Waals surface area contributed by atoms with Gasteiger partial charge >= 0.3 is 0 Å². The molecule has 1 aliphatic heterocycles. The van der Waals surface area contributed by atoms with Gasteiger partial charge in [0.2, 0.25) is 5.91 Å². The molecular formula is C19H18N4O2. The predicted molar refractivity (Wildman–Crippen MR) is 93.3 cm³/mol. The van der Waals surface area contributed by atoms with Crippen LogP contribution >= 0.6 is 0 Å². The van der Waals surface area contributed by atoms with E-state index in [1.54, 1.807) is 10.9 Å². The average molecular weight is 334 g/mol. The Hall–Kier alpha value is -3.15. The number of fused-ring (bicyclic) bond motifs is 1. The van der Waals surface area contributed by atoms with Crippen molar-refractivity contribution >= 4 is 11.7 Å². The third-order valence-corrected chi connectivity index (χ3v) is 4.36. The molecule has 6 nitrogen and oxygen atoms in total. The van der Waals surface area contributed by atoms with E-state index in [1.807, 2.05) is 55.7 Å². The summed E-state index contributed by atoms with van der Waals surface area (Å²) < 4.78 is 7.55. The number of hydrogen-bond acceptors (Lipinski definition) is 4. The Bertz CT molecular complexity index is 905. The summed E-state index contributed by atoms with van der Waals surface area (Å²) in [6.07, 6.45) is 3.98. The van der Waals surface area contributed by atoms with Gasteiger partial charge < -0.3 is 10.1 Å². The van der Waals surface area contributed by atoms with E-state index >= 15 is 0 Å². The van der Waals surface area contributed by atoms with Crippen LogP contribution in [0, 0.1) is 0 Å². The van der Waals surface area contributed by atoms with Crippen molar-refractivity contribution in [2.45, 2.75) is 18.9 Å². The van der Waals surface area contributed by atoms with Crippen molar-refractivity contribution in [1.29, 1.82) is 0 Å². The lowest BCUT2D eigenvalue weighted by atomic mass is 9.87. The molecule has 25 heavy (non-hydrogen) atoms. The summed E-state index contributed by atoms with van der Waals surface area (Å²) in [5, 5.41) is 7.16. The van der Waals surface area contributed by atoms with E-state index in [9.17, 15) is 4.79 Å². The zero-order chi connectivity index (χ0) is 17.2. The van der Waals surface area contributed by atoms with Crippen LogP contribution in [-0.2, 0) is 18.4 Å². The molecular weight excluding hydrogens is 316 g/mol. The average Bonchev–Trinajstić information content (AvgIpc) is 3.01. The van der Waals surface area contributed by atoms with Crippen molar-refractivity contribution < 1.29 is 9.53 Å². The van der Waals surface area contributed by atoms with Gasteiger partial charge in [-0.2, -0.15) is 5.10 Å². The lowest BCUT2D eigenvalue weighted by Gasteiger charge is -2.23. The molecule has 3 aromatic rings.